The van der Waals surface area contributed by atoms with Gasteiger partial charge in [-0.1, -0.05) is 24.3 Å². The Bertz CT molecular complexity index is 1390. The smallest absolute Gasteiger partial charge is 0.257 e. The van der Waals surface area contributed by atoms with Crippen molar-refractivity contribution in [2.24, 2.45) is 0 Å². The van der Waals surface area contributed by atoms with Crippen LogP contribution in [0.25, 0.3) is 0 Å². The van der Waals surface area contributed by atoms with Gasteiger partial charge in [-0.15, -0.1) is 0 Å². The Balaban J connectivity index is 1.40. The van der Waals surface area contributed by atoms with E-state index < -0.39 is 6.04 Å². The van der Waals surface area contributed by atoms with Crippen LogP contribution in [0.3, 0.4) is 0 Å². The molecule has 1 aromatic carbocycles. The van der Waals surface area contributed by atoms with E-state index in [4.69, 9.17) is 0 Å². The lowest BCUT2D eigenvalue weighted by Crippen LogP contribution is -2.46. The monoisotopic (exact) mass is 478 g/mol. The summed E-state index contributed by atoms with van der Waals surface area (Å²) >= 11 is 0. The highest BCUT2D eigenvalue weighted by molar-refractivity contribution is 6.09. The minimum atomic E-state index is -0.763. The first-order valence-electron chi connectivity index (χ1n) is 11.3. The maximum Gasteiger partial charge on any atom is 0.257 e. The topological polar surface area (TPSA) is 117 Å². The molecule has 0 fully saturated rings. The van der Waals surface area contributed by atoms with E-state index in [1.807, 2.05) is 6.07 Å². The third-order valence-electron chi connectivity index (χ3n) is 5.88. The van der Waals surface area contributed by atoms with Crippen molar-refractivity contribution in [3.8, 4) is 0 Å². The molecule has 4 aromatic rings. The average Bonchev–Trinajstić information content (AvgIpc) is 3.00. The number of anilines is 2. The van der Waals surface area contributed by atoms with Gasteiger partial charge in [-0.2, -0.15) is 0 Å². The van der Waals surface area contributed by atoms with Gasteiger partial charge in [0.1, 0.15) is 11.9 Å². The van der Waals surface area contributed by atoms with Gasteiger partial charge < -0.3 is 15.5 Å². The standard InChI is InChI=1S/C27H22N6O3/c34-25(32-24-5-1-2-12-30-24)20-8-6-18(7-9-20)17-33-23(14-19-4-3-11-28-15-19)26(35)31-22-16-29-13-10-21(22)27(33)36/h1-13,15-16,23H,14,17H2,(H,31,35)(H,30,32,34). The van der Waals surface area contributed by atoms with Gasteiger partial charge in [0.05, 0.1) is 17.4 Å². The number of fused-ring (bicyclic) bond motifs is 1. The Morgan fingerprint density at radius 1 is 0.889 bits per heavy atom. The SMILES string of the molecule is O=C(Nc1ccccn1)c1ccc(CN2C(=O)c3ccncc3NC(=O)C2Cc2cccnc2)cc1. The van der Waals surface area contributed by atoms with E-state index in [1.54, 1.807) is 78.1 Å². The maximum absolute atomic E-state index is 13.6. The van der Waals surface area contributed by atoms with E-state index in [2.05, 4.69) is 25.6 Å². The van der Waals surface area contributed by atoms with Crippen LogP contribution in [0.15, 0.2) is 91.6 Å². The van der Waals surface area contributed by atoms with Crippen molar-refractivity contribution in [3.63, 3.8) is 0 Å². The van der Waals surface area contributed by atoms with Crippen molar-refractivity contribution in [1.82, 2.24) is 19.9 Å². The first-order chi connectivity index (χ1) is 17.6. The van der Waals surface area contributed by atoms with Crippen LogP contribution in [-0.4, -0.2) is 43.6 Å². The number of aromatic nitrogens is 3. The summed E-state index contributed by atoms with van der Waals surface area (Å²) in [6, 6.07) is 16.7. The lowest BCUT2D eigenvalue weighted by molar-refractivity contribution is -0.120. The predicted molar refractivity (Wildman–Crippen MR) is 133 cm³/mol. The number of benzene rings is 1. The molecule has 1 aliphatic rings. The Kier molecular flexibility index (Phi) is 6.44. The molecule has 9 heteroatoms. The quantitative estimate of drug-likeness (QED) is 0.439. The zero-order valence-corrected chi connectivity index (χ0v) is 19.2. The fourth-order valence-corrected chi connectivity index (χ4v) is 4.04. The summed E-state index contributed by atoms with van der Waals surface area (Å²) < 4.78 is 0. The van der Waals surface area contributed by atoms with Gasteiger partial charge in [-0.05, 0) is 47.5 Å². The average molecular weight is 479 g/mol. The highest BCUT2D eigenvalue weighted by Gasteiger charge is 2.35. The van der Waals surface area contributed by atoms with Gasteiger partial charge >= 0.3 is 0 Å². The van der Waals surface area contributed by atoms with Gasteiger partial charge in [0.25, 0.3) is 11.8 Å². The third kappa shape index (κ3) is 4.95. The molecule has 0 bridgehead atoms. The number of rotatable bonds is 6. The van der Waals surface area contributed by atoms with E-state index in [0.717, 1.165) is 11.1 Å². The Hall–Kier alpha value is -4.92. The second-order valence-corrected chi connectivity index (χ2v) is 8.29. The van der Waals surface area contributed by atoms with Gasteiger partial charge in [0.15, 0.2) is 0 Å². The lowest BCUT2D eigenvalue weighted by atomic mass is 10.0. The van der Waals surface area contributed by atoms with Crippen LogP contribution in [0.5, 0.6) is 0 Å². The normalized spacial score (nSPS) is 15.0. The van der Waals surface area contributed by atoms with Crippen molar-refractivity contribution in [2.45, 2.75) is 19.0 Å². The van der Waals surface area contributed by atoms with E-state index >= 15 is 0 Å². The van der Waals surface area contributed by atoms with E-state index in [9.17, 15) is 14.4 Å². The predicted octanol–water partition coefficient (Wildman–Crippen LogP) is 3.33. The molecule has 0 radical (unpaired) electrons. The van der Waals surface area contributed by atoms with Crippen LogP contribution in [0, 0.1) is 0 Å². The fraction of sp³-hybridized carbons (Fsp3) is 0.111. The summed E-state index contributed by atoms with van der Waals surface area (Å²) in [5.74, 6) is -0.414. The van der Waals surface area contributed by atoms with Crippen molar-refractivity contribution in [3.05, 3.63) is 114 Å². The highest BCUT2D eigenvalue weighted by atomic mass is 16.2. The van der Waals surface area contributed by atoms with Crippen LogP contribution in [-0.2, 0) is 17.8 Å². The summed E-state index contributed by atoms with van der Waals surface area (Å²) in [6.07, 6.45) is 8.25. The van der Waals surface area contributed by atoms with Crippen molar-refractivity contribution in [1.29, 1.82) is 0 Å². The molecular formula is C27H22N6O3. The molecule has 9 nitrogen and oxygen atoms in total. The molecule has 1 aliphatic heterocycles. The molecule has 3 aromatic heterocycles. The molecular weight excluding hydrogens is 456 g/mol. The van der Waals surface area contributed by atoms with Gasteiger partial charge in [0.2, 0.25) is 5.91 Å². The number of carbonyl (C=O) groups is 3. The molecule has 1 unspecified atom stereocenters. The first-order valence-corrected chi connectivity index (χ1v) is 11.3. The zero-order valence-electron chi connectivity index (χ0n) is 19.2. The summed E-state index contributed by atoms with van der Waals surface area (Å²) in [6.45, 7) is 0.182. The summed E-state index contributed by atoms with van der Waals surface area (Å²) in [4.78, 5) is 53.2. The Morgan fingerprint density at radius 2 is 1.72 bits per heavy atom. The fourth-order valence-electron chi connectivity index (χ4n) is 4.04. The molecule has 5 rings (SSSR count). The molecule has 3 amide bonds. The molecule has 0 saturated carbocycles. The van der Waals surface area contributed by atoms with E-state index in [-0.39, 0.29) is 24.3 Å². The summed E-state index contributed by atoms with van der Waals surface area (Å²) in [5.41, 5.74) is 2.82. The summed E-state index contributed by atoms with van der Waals surface area (Å²) in [7, 11) is 0. The highest BCUT2D eigenvalue weighted by Crippen LogP contribution is 2.25. The number of hydrogen-bond donors (Lipinski definition) is 2. The Labute approximate surface area is 207 Å². The zero-order chi connectivity index (χ0) is 24.9. The van der Waals surface area contributed by atoms with Crippen LogP contribution in [0.1, 0.15) is 31.8 Å². The molecule has 36 heavy (non-hydrogen) atoms. The van der Waals surface area contributed by atoms with Gasteiger partial charge in [-0.25, -0.2) is 4.98 Å². The molecule has 0 spiro atoms. The largest absolute Gasteiger partial charge is 0.322 e. The van der Waals surface area contributed by atoms with Crippen molar-refractivity contribution < 1.29 is 14.4 Å². The number of pyridine rings is 3. The van der Waals surface area contributed by atoms with Crippen molar-refractivity contribution >= 4 is 29.2 Å². The Morgan fingerprint density at radius 3 is 2.47 bits per heavy atom. The van der Waals surface area contributed by atoms with E-state index in [1.165, 1.54) is 12.4 Å². The number of nitrogens with zero attached hydrogens (tertiary/aromatic N) is 4. The molecule has 0 saturated heterocycles. The number of nitrogens with one attached hydrogen (secondary N) is 2. The third-order valence-corrected chi connectivity index (χ3v) is 5.88. The maximum atomic E-state index is 13.6. The van der Waals surface area contributed by atoms with Crippen LogP contribution in [0.4, 0.5) is 11.5 Å². The first kappa shape index (κ1) is 22.9. The van der Waals surface area contributed by atoms with Crippen LogP contribution >= 0.6 is 0 Å². The molecule has 1 atom stereocenters. The van der Waals surface area contributed by atoms with Crippen LogP contribution in [0.2, 0.25) is 0 Å². The summed E-state index contributed by atoms with van der Waals surface area (Å²) in [5, 5.41) is 5.59. The number of carbonyl (C=O) groups excluding carboxylic acids is 3. The van der Waals surface area contributed by atoms with Crippen molar-refractivity contribution in [2.75, 3.05) is 10.6 Å². The second-order valence-electron chi connectivity index (χ2n) is 8.29. The molecule has 4 heterocycles. The number of amides is 3. The molecule has 0 aliphatic carbocycles. The lowest BCUT2D eigenvalue weighted by Gasteiger charge is -2.29. The van der Waals surface area contributed by atoms with Crippen LogP contribution < -0.4 is 10.6 Å². The second kappa shape index (κ2) is 10.1. The minimum Gasteiger partial charge on any atom is -0.322 e. The molecule has 2 N–H and O–H groups in total. The molecule has 178 valence electrons. The minimum absolute atomic E-state index is 0.182. The van der Waals surface area contributed by atoms with E-state index in [0.29, 0.717) is 29.1 Å². The number of hydrogen-bond acceptors (Lipinski definition) is 6. The van der Waals surface area contributed by atoms with Gasteiger partial charge in [0, 0.05) is 43.3 Å². The van der Waals surface area contributed by atoms with Gasteiger partial charge in [-0.3, -0.25) is 24.4 Å².